The quantitative estimate of drug-likeness (QED) is 0.363. The highest BCUT2D eigenvalue weighted by Gasteiger charge is 2.17. The zero-order chi connectivity index (χ0) is 21.8. The van der Waals surface area contributed by atoms with Crippen molar-refractivity contribution in [2.45, 2.75) is 11.7 Å². The standard InChI is InChI=1S/C24H19N5O2S/c30-22(26-21-11-3-7-17-6-1-2-10-20(17)21)16-32-24-28-27-23(18-8-4-12-25-14-18)29(24)15-19-9-5-13-31-19/h1-14H,15-16H2,(H,26,30). The van der Waals surface area contributed by atoms with Crippen molar-refractivity contribution in [1.82, 2.24) is 19.7 Å². The van der Waals surface area contributed by atoms with E-state index in [4.69, 9.17) is 4.42 Å². The lowest BCUT2D eigenvalue weighted by Crippen LogP contribution is -2.15. The molecule has 0 fully saturated rings. The first-order valence-electron chi connectivity index (χ1n) is 10.0. The molecule has 1 N–H and O–H groups in total. The van der Waals surface area contributed by atoms with Crippen molar-refractivity contribution in [2.75, 3.05) is 11.1 Å². The van der Waals surface area contributed by atoms with E-state index in [1.165, 1.54) is 11.8 Å². The summed E-state index contributed by atoms with van der Waals surface area (Å²) in [7, 11) is 0. The van der Waals surface area contributed by atoms with Gasteiger partial charge in [-0.2, -0.15) is 0 Å². The highest BCUT2D eigenvalue weighted by atomic mass is 32.2. The summed E-state index contributed by atoms with van der Waals surface area (Å²) >= 11 is 1.33. The van der Waals surface area contributed by atoms with E-state index in [0.29, 0.717) is 17.5 Å². The zero-order valence-corrected chi connectivity index (χ0v) is 17.8. The van der Waals surface area contributed by atoms with Crippen molar-refractivity contribution in [3.63, 3.8) is 0 Å². The summed E-state index contributed by atoms with van der Waals surface area (Å²) in [5, 5.41) is 14.4. The van der Waals surface area contributed by atoms with Gasteiger partial charge in [-0.25, -0.2) is 0 Å². The molecule has 0 aliphatic rings. The van der Waals surface area contributed by atoms with Crippen molar-refractivity contribution in [1.29, 1.82) is 0 Å². The number of hydrogen-bond acceptors (Lipinski definition) is 6. The molecule has 3 heterocycles. The highest BCUT2D eigenvalue weighted by Crippen LogP contribution is 2.26. The van der Waals surface area contributed by atoms with E-state index >= 15 is 0 Å². The van der Waals surface area contributed by atoms with E-state index in [-0.39, 0.29) is 11.7 Å². The molecule has 8 heteroatoms. The molecule has 0 atom stereocenters. The first kappa shape index (κ1) is 20.0. The number of carbonyl (C=O) groups excluding carboxylic acids is 1. The largest absolute Gasteiger partial charge is 0.467 e. The first-order valence-corrected chi connectivity index (χ1v) is 11.0. The van der Waals surface area contributed by atoms with Crippen LogP contribution in [0.15, 0.2) is 95.0 Å². The molecule has 0 aliphatic carbocycles. The summed E-state index contributed by atoms with van der Waals surface area (Å²) < 4.78 is 7.45. The van der Waals surface area contributed by atoms with E-state index in [1.54, 1.807) is 18.7 Å². The van der Waals surface area contributed by atoms with Crippen molar-refractivity contribution >= 4 is 34.1 Å². The van der Waals surface area contributed by atoms with Crippen LogP contribution in [0.2, 0.25) is 0 Å². The number of fused-ring (bicyclic) bond motifs is 1. The van der Waals surface area contributed by atoms with E-state index in [1.807, 2.05) is 71.3 Å². The average molecular weight is 442 g/mol. The second-order valence-corrected chi connectivity index (χ2v) is 8.02. The van der Waals surface area contributed by atoms with Gasteiger partial charge in [-0.05, 0) is 35.7 Å². The van der Waals surface area contributed by atoms with Gasteiger partial charge in [0, 0.05) is 29.0 Å². The maximum Gasteiger partial charge on any atom is 0.234 e. The lowest BCUT2D eigenvalue weighted by molar-refractivity contribution is -0.113. The number of benzene rings is 2. The van der Waals surface area contributed by atoms with Crippen LogP contribution in [-0.4, -0.2) is 31.4 Å². The maximum absolute atomic E-state index is 12.7. The van der Waals surface area contributed by atoms with Crippen LogP contribution in [0.3, 0.4) is 0 Å². The van der Waals surface area contributed by atoms with E-state index in [9.17, 15) is 4.79 Å². The van der Waals surface area contributed by atoms with Gasteiger partial charge in [0.1, 0.15) is 5.76 Å². The summed E-state index contributed by atoms with van der Waals surface area (Å²) in [6.07, 6.45) is 5.09. The number of anilines is 1. The van der Waals surface area contributed by atoms with Gasteiger partial charge in [-0.1, -0.05) is 48.2 Å². The number of nitrogens with zero attached hydrogens (tertiary/aromatic N) is 4. The van der Waals surface area contributed by atoms with Gasteiger partial charge in [0.25, 0.3) is 0 Å². The minimum atomic E-state index is -0.109. The maximum atomic E-state index is 12.7. The van der Waals surface area contributed by atoms with Gasteiger partial charge in [-0.15, -0.1) is 10.2 Å². The first-order chi connectivity index (χ1) is 15.8. The molecule has 0 aliphatic heterocycles. The highest BCUT2D eigenvalue weighted by molar-refractivity contribution is 7.99. The number of nitrogens with one attached hydrogen (secondary N) is 1. The normalized spacial score (nSPS) is 11.0. The fourth-order valence-electron chi connectivity index (χ4n) is 3.46. The Hall–Kier alpha value is -3.91. The lowest BCUT2D eigenvalue weighted by Gasteiger charge is -2.10. The Balaban J connectivity index is 1.35. The summed E-state index contributed by atoms with van der Waals surface area (Å²) in [4.78, 5) is 16.9. The Morgan fingerprint density at radius 1 is 1.00 bits per heavy atom. The topological polar surface area (TPSA) is 85.8 Å². The molecule has 7 nitrogen and oxygen atoms in total. The lowest BCUT2D eigenvalue weighted by atomic mass is 10.1. The van der Waals surface area contributed by atoms with Crippen molar-refractivity contribution in [2.24, 2.45) is 0 Å². The summed E-state index contributed by atoms with van der Waals surface area (Å²) in [5.74, 6) is 1.54. The number of thioether (sulfide) groups is 1. The molecular formula is C24H19N5O2S. The predicted octanol–water partition coefficient (Wildman–Crippen LogP) is 4.87. The van der Waals surface area contributed by atoms with Crippen LogP contribution in [0.5, 0.6) is 0 Å². The molecule has 0 bridgehead atoms. The number of furan rings is 1. The molecule has 0 spiro atoms. The molecule has 2 aromatic carbocycles. The molecule has 0 saturated heterocycles. The van der Waals surface area contributed by atoms with Crippen LogP contribution in [-0.2, 0) is 11.3 Å². The molecular weight excluding hydrogens is 422 g/mol. The summed E-state index contributed by atoms with van der Waals surface area (Å²) in [6, 6.07) is 21.4. The molecule has 32 heavy (non-hydrogen) atoms. The van der Waals surface area contributed by atoms with E-state index in [0.717, 1.165) is 27.8 Å². The molecule has 0 saturated carbocycles. The van der Waals surface area contributed by atoms with Crippen molar-refractivity contribution in [3.8, 4) is 11.4 Å². The van der Waals surface area contributed by atoms with Gasteiger partial charge >= 0.3 is 0 Å². The van der Waals surface area contributed by atoms with Crippen LogP contribution in [0.1, 0.15) is 5.76 Å². The molecule has 158 valence electrons. The van der Waals surface area contributed by atoms with Gasteiger partial charge in [0.05, 0.1) is 18.6 Å². The summed E-state index contributed by atoms with van der Waals surface area (Å²) in [5.41, 5.74) is 1.64. The second-order valence-electron chi connectivity index (χ2n) is 7.08. The Labute approximate surface area is 188 Å². The predicted molar refractivity (Wildman–Crippen MR) is 124 cm³/mol. The molecule has 1 amide bonds. The number of hydrogen-bond donors (Lipinski definition) is 1. The van der Waals surface area contributed by atoms with Crippen molar-refractivity contribution < 1.29 is 9.21 Å². The van der Waals surface area contributed by atoms with Crippen LogP contribution in [0.4, 0.5) is 5.69 Å². The summed E-state index contributed by atoms with van der Waals surface area (Å²) in [6.45, 7) is 0.456. The smallest absolute Gasteiger partial charge is 0.234 e. The fourth-order valence-corrected chi connectivity index (χ4v) is 4.19. The van der Waals surface area contributed by atoms with Gasteiger partial charge in [-0.3, -0.25) is 14.3 Å². The number of carbonyl (C=O) groups is 1. The Morgan fingerprint density at radius 3 is 2.75 bits per heavy atom. The number of amides is 1. The number of pyridine rings is 1. The van der Waals surface area contributed by atoms with Crippen LogP contribution in [0, 0.1) is 0 Å². The molecule has 3 aromatic heterocycles. The monoisotopic (exact) mass is 441 g/mol. The zero-order valence-electron chi connectivity index (χ0n) is 17.0. The van der Waals surface area contributed by atoms with Crippen molar-refractivity contribution in [3.05, 3.63) is 91.1 Å². The van der Waals surface area contributed by atoms with Crippen LogP contribution < -0.4 is 5.32 Å². The van der Waals surface area contributed by atoms with E-state index in [2.05, 4.69) is 20.5 Å². The SMILES string of the molecule is O=C(CSc1nnc(-c2cccnc2)n1Cc1ccco1)Nc1cccc2ccccc12. The average Bonchev–Trinajstić information content (AvgIpc) is 3.49. The fraction of sp³-hybridized carbons (Fsp3) is 0.0833. The van der Waals surface area contributed by atoms with Gasteiger partial charge in [0.15, 0.2) is 11.0 Å². The minimum absolute atomic E-state index is 0.109. The number of rotatable bonds is 7. The second kappa shape index (κ2) is 9.07. The Morgan fingerprint density at radius 2 is 1.91 bits per heavy atom. The minimum Gasteiger partial charge on any atom is -0.467 e. The van der Waals surface area contributed by atoms with Gasteiger partial charge in [0.2, 0.25) is 5.91 Å². The molecule has 0 radical (unpaired) electrons. The third kappa shape index (κ3) is 4.26. The third-order valence-corrected chi connectivity index (χ3v) is 5.89. The third-order valence-electron chi connectivity index (χ3n) is 4.93. The molecule has 0 unspecified atom stereocenters. The van der Waals surface area contributed by atoms with Gasteiger partial charge < -0.3 is 9.73 Å². The number of aromatic nitrogens is 4. The molecule has 5 rings (SSSR count). The van der Waals surface area contributed by atoms with E-state index < -0.39 is 0 Å². The van der Waals surface area contributed by atoms with Crippen LogP contribution >= 0.6 is 11.8 Å². The Bertz CT molecular complexity index is 1340. The van der Waals surface area contributed by atoms with Crippen LogP contribution in [0.25, 0.3) is 22.2 Å². The Kier molecular flexibility index (Phi) is 5.67. The molecule has 5 aromatic rings.